The Kier molecular flexibility index (Phi) is 53.0. The van der Waals surface area contributed by atoms with Crippen molar-refractivity contribution in [3.63, 3.8) is 0 Å². The molecule has 0 radical (unpaired) electrons. The Balaban J connectivity index is 5.25. The molecule has 0 aliphatic heterocycles. The van der Waals surface area contributed by atoms with Gasteiger partial charge in [0.25, 0.3) is 0 Å². The van der Waals surface area contributed by atoms with Crippen molar-refractivity contribution >= 4 is 39.5 Å². The smallest absolute Gasteiger partial charge is 0.462 e. The topological polar surface area (TPSA) is 237 Å². The van der Waals surface area contributed by atoms with Crippen LogP contribution in [0.15, 0.2) is 0 Å². The summed E-state index contributed by atoms with van der Waals surface area (Å²) in [6.07, 6.45) is 33.7. The lowest BCUT2D eigenvalue weighted by Gasteiger charge is -2.21. The summed E-state index contributed by atoms with van der Waals surface area (Å²) in [6, 6.07) is 0. The molecule has 5 atom stereocenters. The highest BCUT2D eigenvalue weighted by Crippen LogP contribution is 2.45. The summed E-state index contributed by atoms with van der Waals surface area (Å²) in [7, 11) is -9.89. The molecule has 0 amide bonds. The van der Waals surface area contributed by atoms with Crippen LogP contribution in [0.3, 0.4) is 0 Å². The molecule has 0 fully saturated rings. The molecular weight excluding hydrogens is 1100 g/mol. The average Bonchev–Trinajstić information content (AvgIpc) is 3.46. The van der Waals surface area contributed by atoms with Gasteiger partial charge >= 0.3 is 39.5 Å². The number of esters is 4. The van der Waals surface area contributed by atoms with Gasteiger partial charge in [-0.15, -0.1) is 0 Å². The van der Waals surface area contributed by atoms with Crippen LogP contribution in [0.1, 0.15) is 306 Å². The summed E-state index contributed by atoms with van der Waals surface area (Å²) in [5, 5.41) is 10.5. The van der Waals surface area contributed by atoms with Gasteiger partial charge in [-0.1, -0.05) is 254 Å². The van der Waals surface area contributed by atoms with Crippen LogP contribution in [0.25, 0.3) is 0 Å². The third-order valence-electron chi connectivity index (χ3n) is 14.6. The van der Waals surface area contributed by atoms with E-state index in [0.717, 1.165) is 115 Å². The van der Waals surface area contributed by atoms with Crippen LogP contribution in [0, 0.1) is 23.7 Å². The fourth-order valence-electron chi connectivity index (χ4n) is 9.43. The Labute approximate surface area is 505 Å². The Bertz CT molecular complexity index is 1660. The summed E-state index contributed by atoms with van der Waals surface area (Å²) in [6.45, 7) is 13.9. The molecule has 0 aliphatic carbocycles. The number of hydrogen-bond donors (Lipinski definition) is 3. The van der Waals surface area contributed by atoms with Crippen molar-refractivity contribution in [3.05, 3.63) is 0 Å². The zero-order chi connectivity index (χ0) is 61.8. The van der Waals surface area contributed by atoms with Crippen LogP contribution >= 0.6 is 15.6 Å². The molecule has 492 valence electrons. The molecule has 0 aromatic carbocycles. The summed E-state index contributed by atoms with van der Waals surface area (Å²) < 4.78 is 68.0. The molecule has 3 N–H and O–H groups in total. The third-order valence-corrected chi connectivity index (χ3v) is 16.5. The molecule has 19 heteroatoms. The first kappa shape index (κ1) is 81.1. The lowest BCUT2D eigenvalue weighted by atomic mass is 10.0. The molecule has 3 unspecified atom stereocenters. The van der Waals surface area contributed by atoms with Crippen LogP contribution < -0.4 is 0 Å². The molecule has 0 aliphatic rings. The molecule has 0 spiro atoms. The van der Waals surface area contributed by atoms with Gasteiger partial charge in [0, 0.05) is 25.7 Å². The maximum atomic E-state index is 13.0. The number of carbonyl (C=O) groups excluding carboxylic acids is 4. The molecule has 0 saturated carbocycles. The van der Waals surface area contributed by atoms with E-state index in [-0.39, 0.29) is 25.7 Å². The van der Waals surface area contributed by atoms with E-state index in [1.807, 2.05) is 0 Å². The van der Waals surface area contributed by atoms with Crippen molar-refractivity contribution in [1.82, 2.24) is 0 Å². The fourth-order valence-corrected chi connectivity index (χ4v) is 11.0. The standard InChI is InChI=1S/C64H124O17P2/c1-54(2)40-32-24-16-11-9-10-12-19-30-38-46-63(68)80-59(50-74-61(66)44-36-28-21-15-18-26-34-42-56(5)6)52-78-82(70,71)76-48-58(65)49-77-83(72,73)79-53-60(51-75-62(67)45-37-29-23-22-27-35-43-57(7)8)81-64(69)47-39-31-20-14-13-17-25-33-41-55(3)4/h54-60,65H,9-53H2,1-8H3,(H,70,71)(H,72,73)/t58?,59-,60-/m1/s1. The van der Waals surface area contributed by atoms with E-state index >= 15 is 0 Å². The van der Waals surface area contributed by atoms with E-state index in [1.165, 1.54) is 96.3 Å². The van der Waals surface area contributed by atoms with E-state index in [9.17, 15) is 43.2 Å². The van der Waals surface area contributed by atoms with E-state index in [2.05, 4.69) is 55.4 Å². The number of phosphoric acid groups is 2. The van der Waals surface area contributed by atoms with Gasteiger partial charge in [-0.3, -0.25) is 37.3 Å². The Morgan fingerprint density at radius 1 is 0.301 bits per heavy atom. The molecule has 0 aromatic rings. The molecular formula is C64H124O17P2. The summed E-state index contributed by atoms with van der Waals surface area (Å²) in [5.74, 6) is 0.713. The van der Waals surface area contributed by atoms with Crippen molar-refractivity contribution < 1.29 is 80.2 Å². The Morgan fingerprint density at radius 3 is 0.747 bits per heavy atom. The average molecular weight is 1230 g/mol. The van der Waals surface area contributed by atoms with Crippen LogP contribution in [-0.4, -0.2) is 96.7 Å². The minimum Gasteiger partial charge on any atom is -0.462 e. The largest absolute Gasteiger partial charge is 0.472 e. The first-order valence-corrected chi connectivity index (χ1v) is 36.2. The predicted octanol–water partition coefficient (Wildman–Crippen LogP) is 17.4. The first-order valence-electron chi connectivity index (χ1n) is 33.2. The van der Waals surface area contributed by atoms with Crippen LogP contribution in [0.4, 0.5) is 0 Å². The normalized spacial score (nSPS) is 14.4. The molecule has 0 heterocycles. The maximum absolute atomic E-state index is 13.0. The number of aliphatic hydroxyl groups excluding tert-OH is 1. The van der Waals surface area contributed by atoms with Gasteiger partial charge < -0.3 is 33.8 Å². The number of aliphatic hydroxyl groups is 1. The number of phosphoric ester groups is 2. The Morgan fingerprint density at radius 2 is 0.506 bits per heavy atom. The number of rotatable bonds is 61. The number of carbonyl (C=O) groups is 4. The van der Waals surface area contributed by atoms with Gasteiger partial charge in [-0.05, 0) is 49.4 Å². The molecule has 17 nitrogen and oxygen atoms in total. The molecule has 83 heavy (non-hydrogen) atoms. The predicted molar refractivity (Wildman–Crippen MR) is 331 cm³/mol. The second-order valence-corrected chi connectivity index (χ2v) is 28.0. The van der Waals surface area contributed by atoms with Crippen molar-refractivity contribution in [2.24, 2.45) is 23.7 Å². The third kappa shape index (κ3) is 58.8. The maximum Gasteiger partial charge on any atom is 0.472 e. The van der Waals surface area contributed by atoms with Crippen LogP contribution in [-0.2, 0) is 65.4 Å². The Hall–Kier alpha value is -1.94. The van der Waals surface area contributed by atoms with Crippen molar-refractivity contribution in [1.29, 1.82) is 0 Å². The number of ether oxygens (including phenoxy) is 4. The minimum atomic E-state index is -4.95. The van der Waals surface area contributed by atoms with Gasteiger partial charge in [0.15, 0.2) is 12.2 Å². The van der Waals surface area contributed by atoms with E-state index in [1.54, 1.807) is 0 Å². The SMILES string of the molecule is CC(C)CCCCCCCCCCCCC(=O)O[C@H](COC(=O)CCCCCCCCCC(C)C)COP(=O)(O)OCC(O)COP(=O)(O)OC[C@@H](COC(=O)CCCCCCCCC(C)C)OC(=O)CCCCCCCCCCC(C)C. The zero-order valence-electron chi connectivity index (χ0n) is 53.8. The molecule has 0 aromatic heterocycles. The van der Waals surface area contributed by atoms with Gasteiger partial charge in [0.1, 0.15) is 19.3 Å². The minimum absolute atomic E-state index is 0.103. The quantitative estimate of drug-likeness (QED) is 0.0222. The van der Waals surface area contributed by atoms with Gasteiger partial charge in [0.2, 0.25) is 0 Å². The summed E-state index contributed by atoms with van der Waals surface area (Å²) in [4.78, 5) is 72.2. The molecule has 0 saturated heterocycles. The van der Waals surface area contributed by atoms with Gasteiger partial charge in [-0.2, -0.15) is 0 Å². The first-order chi connectivity index (χ1) is 39.6. The van der Waals surface area contributed by atoms with Gasteiger partial charge in [0.05, 0.1) is 26.4 Å². The van der Waals surface area contributed by atoms with Crippen LogP contribution in [0.2, 0.25) is 0 Å². The lowest BCUT2D eigenvalue weighted by Crippen LogP contribution is -2.30. The second-order valence-electron chi connectivity index (χ2n) is 25.1. The van der Waals surface area contributed by atoms with Crippen molar-refractivity contribution in [2.75, 3.05) is 39.6 Å². The monoisotopic (exact) mass is 1230 g/mol. The lowest BCUT2D eigenvalue weighted by molar-refractivity contribution is -0.161. The van der Waals surface area contributed by atoms with Gasteiger partial charge in [-0.25, -0.2) is 9.13 Å². The van der Waals surface area contributed by atoms with E-state index < -0.39 is 97.5 Å². The fraction of sp³-hybridized carbons (Fsp3) is 0.938. The summed E-state index contributed by atoms with van der Waals surface area (Å²) in [5.41, 5.74) is 0. The van der Waals surface area contributed by atoms with E-state index in [4.69, 9.17) is 37.0 Å². The molecule has 0 bridgehead atoms. The summed E-state index contributed by atoms with van der Waals surface area (Å²) >= 11 is 0. The van der Waals surface area contributed by atoms with Crippen molar-refractivity contribution in [2.45, 2.75) is 324 Å². The number of unbranched alkanes of at least 4 members (excludes halogenated alkanes) is 27. The second kappa shape index (κ2) is 54.2. The highest BCUT2D eigenvalue weighted by Gasteiger charge is 2.30. The zero-order valence-corrected chi connectivity index (χ0v) is 55.6. The number of hydrogen-bond acceptors (Lipinski definition) is 15. The highest BCUT2D eigenvalue weighted by atomic mass is 31.2. The van der Waals surface area contributed by atoms with Crippen LogP contribution in [0.5, 0.6) is 0 Å². The van der Waals surface area contributed by atoms with E-state index in [0.29, 0.717) is 37.5 Å². The molecule has 0 rings (SSSR count). The van der Waals surface area contributed by atoms with Crippen molar-refractivity contribution in [3.8, 4) is 0 Å². The highest BCUT2D eigenvalue weighted by molar-refractivity contribution is 7.47.